The molecule has 3 atom stereocenters. The van der Waals surface area contributed by atoms with Crippen molar-refractivity contribution in [2.24, 2.45) is 5.92 Å². The third-order valence-electron chi connectivity index (χ3n) is 4.13. The maximum atomic E-state index is 13.6. The Hall–Kier alpha value is -0.840. The Balaban J connectivity index is 2.09. The standard InChI is InChI=1S/C15H17Cl2FN2O/c1-8(16)15-19-13-6-12(18)11(17)5-14(13)20(15)7-10-3-4-21-9(10)2/h5-6,8-10H,3-4,7H2,1-2H3. The molecule has 2 heterocycles. The van der Waals surface area contributed by atoms with Crippen molar-refractivity contribution in [1.82, 2.24) is 9.55 Å². The second-order valence-electron chi connectivity index (χ2n) is 5.58. The van der Waals surface area contributed by atoms with Crippen molar-refractivity contribution in [1.29, 1.82) is 0 Å². The fourth-order valence-electron chi connectivity index (χ4n) is 2.88. The monoisotopic (exact) mass is 330 g/mol. The van der Waals surface area contributed by atoms with Crippen LogP contribution in [0, 0.1) is 11.7 Å². The Morgan fingerprint density at radius 1 is 1.52 bits per heavy atom. The molecule has 0 amide bonds. The smallest absolute Gasteiger partial charge is 0.144 e. The average molecular weight is 331 g/mol. The summed E-state index contributed by atoms with van der Waals surface area (Å²) in [6.45, 7) is 5.48. The Labute approximate surface area is 133 Å². The predicted octanol–water partition coefficient (Wildman–Crippen LogP) is 4.55. The van der Waals surface area contributed by atoms with Crippen LogP contribution in [-0.2, 0) is 11.3 Å². The lowest BCUT2D eigenvalue weighted by molar-refractivity contribution is 0.102. The Kier molecular flexibility index (Phi) is 4.12. The molecule has 1 aliphatic heterocycles. The first-order chi connectivity index (χ1) is 9.97. The number of fused-ring (bicyclic) bond motifs is 1. The van der Waals surface area contributed by atoms with Gasteiger partial charge in [0.05, 0.1) is 27.5 Å². The molecule has 0 spiro atoms. The van der Waals surface area contributed by atoms with Crippen LogP contribution in [0.5, 0.6) is 0 Å². The predicted molar refractivity (Wildman–Crippen MR) is 82.5 cm³/mol. The van der Waals surface area contributed by atoms with Crippen molar-refractivity contribution in [3.63, 3.8) is 0 Å². The van der Waals surface area contributed by atoms with E-state index in [4.69, 9.17) is 27.9 Å². The van der Waals surface area contributed by atoms with Gasteiger partial charge in [-0.25, -0.2) is 9.37 Å². The fraction of sp³-hybridized carbons (Fsp3) is 0.533. The first-order valence-electron chi connectivity index (χ1n) is 7.08. The second kappa shape index (κ2) is 5.75. The number of hydrogen-bond donors (Lipinski definition) is 0. The lowest BCUT2D eigenvalue weighted by atomic mass is 10.0. The number of halogens is 3. The molecule has 3 nitrogen and oxygen atoms in total. The summed E-state index contributed by atoms with van der Waals surface area (Å²) >= 11 is 12.2. The molecule has 1 fully saturated rings. The molecule has 2 aromatic rings. The fourth-order valence-corrected chi connectivity index (χ4v) is 3.21. The molecule has 3 rings (SSSR count). The third kappa shape index (κ3) is 2.77. The second-order valence-corrected chi connectivity index (χ2v) is 6.64. The van der Waals surface area contributed by atoms with Gasteiger partial charge in [-0.2, -0.15) is 0 Å². The van der Waals surface area contributed by atoms with Gasteiger partial charge in [0, 0.05) is 25.1 Å². The zero-order valence-electron chi connectivity index (χ0n) is 11.9. The van der Waals surface area contributed by atoms with Gasteiger partial charge in [-0.15, -0.1) is 11.6 Å². The molecule has 6 heteroatoms. The van der Waals surface area contributed by atoms with Gasteiger partial charge >= 0.3 is 0 Å². The van der Waals surface area contributed by atoms with Crippen LogP contribution in [0.1, 0.15) is 31.5 Å². The Morgan fingerprint density at radius 3 is 2.90 bits per heavy atom. The Bertz CT molecular complexity index is 671. The SMILES string of the molecule is CC(Cl)c1nc2cc(F)c(Cl)cc2n1CC1CCOC1C. The van der Waals surface area contributed by atoms with Gasteiger partial charge in [0.15, 0.2) is 0 Å². The topological polar surface area (TPSA) is 27.1 Å². The highest BCUT2D eigenvalue weighted by Gasteiger charge is 2.27. The van der Waals surface area contributed by atoms with Crippen LogP contribution in [0.4, 0.5) is 4.39 Å². The van der Waals surface area contributed by atoms with Gasteiger partial charge in [0.2, 0.25) is 0 Å². The zero-order valence-corrected chi connectivity index (χ0v) is 13.5. The van der Waals surface area contributed by atoms with E-state index in [0.717, 1.165) is 30.9 Å². The molecular weight excluding hydrogens is 314 g/mol. The molecule has 1 aromatic carbocycles. The number of hydrogen-bond acceptors (Lipinski definition) is 2. The third-order valence-corrected chi connectivity index (χ3v) is 4.61. The largest absolute Gasteiger partial charge is 0.378 e. The van der Waals surface area contributed by atoms with Crippen LogP contribution < -0.4 is 0 Å². The highest BCUT2D eigenvalue weighted by molar-refractivity contribution is 6.31. The lowest BCUT2D eigenvalue weighted by Gasteiger charge is -2.18. The summed E-state index contributed by atoms with van der Waals surface area (Å²) in [7, 11) is 0. The number of benzene rings is 1. The summed E-state index contributed by atoms with van der Waals surface area (Å²) in [6, 6.07) is 2.99. The van der Waals surface area contributed by atoms with E-state index < -0.39 is 5.82 Å². The molecule has 0 N–H and O–H groups in total. The van der Waals surface area contributed by atoms with Crippen molar-refractivity contribution >= 4 is 34.2 Å². The van der Waals surface area contributed by atoms with E-state index in [9.17, 15) is 4.39 Å². The number of alkyl halides is 1. The molecule has 0 aliphatic carbocycles. The van der Waals surface area contributed by atoms with E-state index in [1.807, 2.05) is 11.5 Å². The molecule has 1 aliphatic rings. The highest BCUT2D eigenvalue weighted by atomic mass is 35.5. The van der Waals surface area contributed by atoms with Crippen molar-refractivity contribution in [2.45, 2.75) is 38.3 Å². The van der Waals surface area contributed by atoms with Gasteiger partial charge in [-0.3, -0.25) is 0 Å². The number of ether oxygens (including phenoxy) is 1. The molecule has 0 bridgehead atoms. The summed E-state index contributed by atoms with van der Waals surface area (Å²) in [5, 5.41) is -0.148. The molecule has 3 unspecified atom stereocenters. The van der Waals surface area contributed by atoms with Crippen molar-refractivity contribution in [3.05, 3.63) is 28.8 Å². The van der Waals surface area contributed by atoms with E-state index in [1.165, 1.54) is 6.07 Å². The van der Waals surface area contributed by atoms with E-state index in [0.29, 0.717) is 11.4 Å². The van der Waals surface area contributed by atoms with Crippen LogP contribution in [-0.4, -0.2) is 22.3 Å². The maximum absolute atomic E-state index is 13.6. The normalized spacial score (nSPS) is 23.9. The van der Waals surface area contributed by atoms with Crippen molar-refractivity contribution < 1.29 is 9.13 Å². The molecular formula is C15H17Cl2FN2O. The highest BCUT2D eigenvalue weighted by Crippen LogP contribution is 2.31. The number of aromatic nitrogens is 2. The Morgan fingerprint density at radius 2 is 2.29 bits per heavy atom. The molecule has 1 aromatic heterocycles. The quantitative estimate of drug-likeness (QED) is 0.771. The first kappa shape index (κ1) is 15.1. The van der Waals surface area contributed by atoms with E-state index in [2.05, 4.69) is 11.9 Å². The summed E-state index contributed by atoms with van der Waals surface area (Å²) in [5.41, 5.74) is 1.41. The molecule has 0 saturated carbocycles. The molecule has 114 valence electrons. The van der Waals surface area contributed by atoms with Crippen LogP contribution in [0.25, 0.3) is 11.0 Å². The van der Waals surface area contributed by atoms with Crippen molar-refractivity contribution in [2.75, 3.05) is 6.61 Å². The summed E-state index contributed by atoms with van der Waals surface area (Å²) in [5.74, 6) is 0.688. The zero-order chi connectivity index (χ0) is 15.1. The van der Waals surface area contributed by atoms with Gasteiger partial charge in [-0.1, -0.05) is 11.6 Å². The summed E-state index contributed by atoms with van der Waals surface area (Å²) < 4.78 is 21.3. The van der Waals surface area contributed by atoms with E-state index in [1.54, 1.807) is 6.07 Å². The van der Waals surface area contributed by atoms with Crippen LogP contribution in [0.3, 0.4) is 0 Å². The number of rotatable bonds is 3. The minimum absolute atomic E-state index is 0.105. The van der Waals surface area contributed by atoms with Crippen LogP contribution in [0.2, 0.25) is 5.02 Å². The van der Waals surface area contributed by atoms with E-state index >= 15 is 0 Å². The minimum Gasteiger partial charge on any atom is -0.378 e. The van der Waals surface area contributed by atoms with Crippen molar-refractivity contribution in [3.8, 4) is 0 Å². The van der Waals surface area contributed by atoms with Crippen LogP contribution in [0.15, 0.2) is 12.1 Å². The van der Waals surface area contributed by atoms with E-state index in [-0.39, 0.29) is 16.5 Å². The van der Waals surface area contributed by atoms with Crippen LogP contribution >= 0.6 is 23.2 Å². The minimum atomic E-state index is -0.458. The lowest BCUT2D eigenvalue weighted by Crippen LogP contribution is -2.19. The summed E-state index contributed by atoms with van der Waals surface area (Å²) in [4.78, 5) is 4.47. The van der Waals surface area contributed by atoms with Gasteiger partial charge in [-0.05, 0) is 26.3 Å². The first-order valence-corrected chi connectivity index (χ1v) is 7.89. The molecule has 0 radical (unpaired) electrons. The number of imidazole rings is 1. The summed E-state index contributed by atoms with van der Waals surface area (Å²) in [6.07, 6.45) is 1.21. The van der Waals surface area contributed by atoms with Gasteiger partial charge in [0.25, 0.3) is 0 Å². The molecule has 21 heavy (non-hydrogen) atoms. The molecule has 1 saturated heterocycles. The van der Waals surface area contributed by atoms with Gasteiger partial charge in [0.1, 0.15) is 11.6 Å². The van der Waals surface area contributed by atoms with Gasteiger partial charge < -0.3 is 9.30 Å². The number of nitrogens with zero attached hydrogens (tertiary/aromatic N) is 2. The maximum Gasteiger partial charge on any atom is 0.144 e. The average Bonchev–Trinajstić information content (AvgIpc) is 2.97.